The molecular weight excluding hydrogens is 356 g/mol. The van der Waals surface area contributed by atoms with Crippen LogP contribution in [0.2, 0.25) is 0 Å². The van der Waals surface area contributed by atoms with Crippen molar-refractivity contribution in [3.8, 4) is 0 Å². The first kappa shape index (κ1) is 19.2. The number of carbonyl (C=O) groups is 1. The van der Waals surface area contributed by atoms with Gasteiger partial charge in [-0.2, -0.15) is 0 Å². The zero-order valence-electron chi connectivity index (χ0n) is 16.7. The Bertz CT molecular complexity index is 873. The number of morpholine rings is 1. The highest BCUT2D eigenvalue weighted by molar-refractivity contribution is 5.81. The van der Waals surface area contributed by atoms with Crippen LogP contribution < -0.4 is 5.69 Å². The first-order valence-electron chi connectivity index (χ1n) is 10.4. The van der Waals surface area contributed by atoms with Crippen LogP contribution in [0.15, 0.2) is 29.1 Å². The number of ether oxygens (including phenoxy) is 1. The van der Waals surface area contributed by atoms with E-state index in [0.29, 0.717) is 5.92 Å². The molecule has 0 N–H and O–H groups in total. The van der Waals surface area contributed by atoms with Gasteiger partial charge in [0, 0.05) is 33.2 Å². The summed E-state index contributed by atoms with van der Waals surface area (Å²) in [5.41, 5.74) is 1.56. The molecule has 3 heterocycles. The third-order valence-corrected chi connectivity index (χ3v) is 6.27. The summed E-state index contributed by atoms with van der Waals surface area (Å²) in [6.45, 7) is 6.62. The molecular formula is C21H30N4O3. The van der Waals surface area contributed by atoms with Crippen LogP contribution in [0.4, 0.5) is 0 Å². The van der Waals surface area contributed by atoms with E-state index in [0.717, 1.165) is 69.8 Å². The fourth-order valence-corrected chi connectivity index (χ4v) is 4.41. The number of para-hydroxylation sites is 2. The van der Waals surface area contributed by atoms with Crippen LogP contribution in [-0.4, -0.2) is 70.8 Å². The maximum Gasteiger partial charge on any atom is 0.329 e. The third kappa shape index (κ3) is 4.00. The second-order valence-electron chi connectivity index (χ2n) is 7.98. The zero-order chi connectivity index (χ0) is 19.5. The normalized spacial score (nSPS) is 19.4. The molecule has 7 heteroatoms. The monoisotopic (exact) mass is 386 g/mol. The molecule has 0 unspecified atom stereocenters. The first-order valence-corrected chi connectivity index (χ1v) is 10.4. The van der Waals surface area contributed by atoms with E-state index in [2.05, 4.69) is 4.90 Å². The Hall–Kier alpha value is -2.12. The standard InChI is InChI=1S/C21H30N4O3/c1-22-18-4-2-3-5-19(18)25(21(22)27)16-20(26)24-10-7-17(8-11-24)6-9-23-12-14-28-15-13-23/h2-5,17H,6-16H2,1H3. The van der Waals surface area contributed by atoms with Crippen molar-refractivity contribution in [2.45, 2.75) is 25.8 Å². The summed E-state index contributed by atoms with van der Waals surface area (Å²) in [6, 6.07) is 7.64. The van der Waals surface area contributed by atoms with E-state index in [-0.39, 0.29) is 18.1 Å². The van der Waals surface area contributed by atoms with E-state index in [9.17, 15) is 9.59 Å². The molecule has 2 aromatic rings. The highest BCUT2D eigenvalue weighted by Gasteiger charge is 2.24. The van der Waals surface area contributed by atoms with Gasteiger partial charge in [0.25, 0.3) is 0 Å². The fourth-order valence-electron chi connectivity index (χ4n) is 4.41. The number of hydrogen-bond donors (Lipinski definition) is 0. The lowest BCUT2D eigenvalue weighted by molar-refractivity contribution is -0.133. The van der Waals surface area contributed by atoms with Crippen LogP contribution in [0.3, 0.4) is 0 Å². The molecule has 1 aromatic carbocycles. The van der Waals surface area contributed by atoms with E-state index in [1.807, 2.05) is 29.2 Å². The molecule has 2 aliphatic rings. The lowest BCUT2D eigenvalue weighted by Crippen LogP contribution is -2.42. The van der Waals surface area contributed by atoms with Crippen LogP contribution in [0.1, 0.15) is 19.3 Å². The van der Waals surface area contributed by atoms with E-state index in [1.54, 1.807) is 16.2 Å². The number of fused-ring (bicyclic) bond motifs is 1. The van der Waals surface area contributed by atoms with Gasteiger partial charge in [0.1, 0.15) is 6.54 Å². The molecule has 152 valence electrons. The lowest BCUT2D eigenvalue weighted by Gasteiger charge is -2.34. The minimum absolute atomic E-state index is 0.0464. The van der Waals surface area contributed by atoms with Gasteiger partial charge in [0.05, 0.1) is 24.2 Å². The number of piperidine rings is 1. The third-order valence-electron chi connectivity index (χ3n) is 6.27. The van der Waals surface area contributed by atoms with E-state index in [1.165, 1.54) is 6.42 Å². The second-order valence-corrected chi connectivity index (χ2v) is 7.98. The molecule has 28 heavy (non-hydrogen) atoms. The molecule has 0 bridgehead atoms. The largest absolute Gasteiger partial charge is 0.379 e. The summed E-state index contributed by atoms with van der Waals surface area (Å²) < 4.78 is 8.62. The first-order chi connectivity index (χ1) is 13.6. The molecule has 1 amide bonds. The van der Waals surface area contributed by atoms with Gasteiger partial charge in [-0.25, -0.2) is 4.79 Å². The van der Waals surface area contributed by atoms with Crippen LogP contribution >= 0.6 is 0 Å². The summed E-state index contributed by atoms with van der Waals surface area (Å²) in [5.74, 6) is 0.734. The number of nitrogens with zero attached hydrogens (tertiary/aromatic N) is 4. The van der Waals surface area contributed by atoms with E-state index < -0.39 is 0 Å². The molecule has 2 aliphatic heterocycles. The fraction of sp³-hybridized carbons (Fsp3) is 0.619. The van der Waals surface area contributed by atoms with Gasteiger partial charge >= 0.3 is 5.69 Å². The lowest BCUT2D eigenvalue weighted by atomic mass is 9.93. The second kappa shape index (κ2) is 8.49. The maximum atomic E-state index is 12.8. The van der Waals surface area contributed by atoms with Crippen molar-refractivity contribution in [3.63, 3.8) is 0 Å². The average molecular weight is 386 g/mol. The van der Waals surface area contributed by atoms with Crippen LogP contribution in [0, 0.1) is 5.92 Å². The van der Waals surface area contributed by atoms with Gasteiger partial charge in [-0.15, -0.1) is 0 Å². The van der Waals surface area contributed by atoms with Crippen LogP contribution in [-0.2, 0) is 23.1 Å². The number of benzene rings is 1. The summed E-state index contributed by atoms with van der Waals surface area (Å²) in [5, 5.41) is 0. The molecule has 7 nitrogen and oxygen atoms in total. The van der Waals surface area contributed by atoms with Crippen LogP contribution in [0.5, 0.6) is 0 Å². The summed E-state index contributed by atoms with van der Waals surface area (Å²) in [4.78, 5) is 29.8. The van der Waals surface area contributed by atoms with Gasteiger partial charge < -0.3 is 9.64 Å². The predicted molar refractivity (Wildman–Crippen MR) is 108 cm³/mol. The quantitative estimate of drug-likeness (QED) is 0.777. The number of aryl methyl sites for hydroxylation is 1. The molecule has 4 rings (SSSR count). The SMILES string of the molecule is Cn1c(=O)n(CC(=O)N2CCC(CCN3CCOCC3)CC2)c2ccccc21. The molecule has 0 saturated carbocycles. The summed E-state index contributed by atoms with van der Waals surface area (Å²) >= 11 is 0. The number of amides is 1. The Labute approximate surface area is 165 Å². The molecule has 2 saturated heterocycles. The van der Waals surface area contributed by atoms with Gasteiger partial charge in [-0.05, 0) is 43.9 Å². The van der Waals surface area contributed by atoms with Crippen molar-refractivity contribution < 1.29 is 9.53 Å². The highest BCUT2D eigenvalue weighted by atomic mass is 16.5. The number of likely N-dealkylation sites (tertiary alicyclic amines) is 1. The Morgan fingerprint density at radius 1 is 1.07 bits per heavy atom. The number of imidazole rings is 1. The van der Waals surface area contributed by atoms with Crippen molar-refractivity contribution in [2.24, 2.45) is 13.0 Å². The minimum atomic E-state index is -0.130. The smallest absolute Gasteiger partial charge is 0.329 e. The summed E-state index contributed by atoms with van der Waals surface area (Å²) in [6.07, 6.45) is 3.31. The van der Waals surface area contributed by atoms with Gasteiger partial charge in [0.15, 0.2) is 0 Å². The molecule has 0 atom stereocenters. The Balaban J connectivity index is 1.31. The van der Waals surface area contributed by atoms with Gasteiger partial charge in [-0.1, -0.05) is 12.1 Å². The van der Waals surface area contributed by atoms with Crippen molar-refractivity contribution in [1.82, 2.24) is 18.9 Å². The van der Waals surface area contributed by atoms with E-state index in [4.69, 9.17) is 4.74 Å². The minimum Gasteiger partial charge on any atom is -0.379 e. The van der Waals surface area contributed by atoms with Crippen molar-refractivity contribution in [3.05, 3.63) is 34.7 Å². The number of aromatic nitrogens is 2. The number of carbonyl (C=O) groups excluding carboxylic acids is 1. The molecule has 2 fully saturated rings. The van der Waals surface area contributed by atoms with Crippen LogP contribution in [0.25, 0.3) is 11.0 Å². The Morgan fingerprint density at radius 2 is 1.75 bits per heavy atom. The molecule has 0 aliphatic carbocycles. The number of hydrogen-bond acceptors (Lipinski definition) is 4. The van der Waals surface area contributed by atoms with Gasteiger partial charge in [0.2, 0.25) is 5.91 Å². The van der Waals surface area contributed by atoms with Crippen molar-refractivity contribution in [1.29, 1.82) is 0 Å². The highest BCUT2D eigenvalue weighted by Crippen LogP contribution is 2.22. The molecule has 1 aromatic heterocycles. The average Bonchev–Trinajstić information content (AvgIpc) is 2.98. The topological polar surface area (TPSA) is 59.7 Å². The predicted octanol–water partition coefficient (Wildman–Crippen LogP) is 1.30. The molecule has 0 radical (unpaired) electrons. The number of rotatable bonds is 5. The van der Waals surface area contributed by atoms with Crippen molar-refractivity contribution >= 4 is 16.9 Å². The molecule has 0 spiro atoms. The maximum absolute atomic E-state index is 12.8. The Morgan fingerprint density at radius 3 is 2.46 bits per heavy atom. The van der Waals surface area contributed by atoms with E-state index >= 15 is 0 Å². The zero-order valence-corrected chi connectivity index (χ0v) is 16.7. The van der Waals surface area contributed by atoms with Gasteiger partial charge in [-0.3, -0.25) is 18.8 Å². The summed E-state index contributed by atoms with van der Waals surface area (Å²) in [7, 11) is 1.76. The van der Waals surface area contributed by atoms with Crippen molar-refractivity contribution in [2.75, 3.05) is 45.9 Å². The Kier molecular flexibility index (Phi) is 5.82.